The molecule has 0 fully saturated rings. The highest BCUT2D eigenvalue weighted by Crippen LogP contribution is 2.47. The van der Waals surface area contributed by atoms with Gasteiger partial charge in [-0.25, -0.2) is 13.8 Å². The van der Waals surface area contributed by atoms with Crippen LogP contribution in [0.2, 0.25) is 5.02 Å². The zero-order valence-electron chi connectivity index (χ0n) is 22.5. The second-order valence-electron chi connectivity index (χ2n) is 9.93. The number of nitrogens with zero attached hydrogens (tertiary/aromatic N) is 4. The molecule has 0 saturated carbocycles. The smallest absolute Gasteiger partial charge is 0.256 e. The lowest BCUT2D eigenvalue weighted by atomic mass is 9.87. The van der Waals surface area contributed by atoms with E-state index >= 15 is 4.39 Å². The highest BCUT2D eigenvalue weighted by Gasteiger charge is 2.36. The number of nitrogen functional groups attached to an aromatic ring is 2. The van der Waals surface area contributed by atoms with Crippen molar-refractivity contribution in [3.05, 3.63) is 74.9 Å². The van der Waals surface area contributed by atoms with Crippen molar-refractivity contribution in [2.24, 2.45) is 0 Å². The molecule has 5 rings (SSSR count). The SMILES string of the molecule is C[C@@H](c1cccnc1N)N1CCc2c(Cl)c(-c3ccc(F)c4sc(N)c(C#N)c34)c(F)c(C#CCN(C)C)c2C1=O. The van der Waals surface area contributed by atoms with Crippen molar-refractivity contribution >= 4 is 49.7 Å². The summed E-state index contributed by atoms with van der Waals surface area (Å²) in [6.45, 7) is 2.43. The van der Waals surface area contributed by atoms with Crippen LogP contribution in [0.25, 0.3) is 21.2 Å². The normalized spacial score (nSPS) is 13.6. The quantitative estimate of drug-likeness (QED) is 0.299. The molecule has 0 saturated heterocycles. The lowest BCUT2D eigenvalue weighted by Crippen LogP contribution is -2.40. The molecule has 4 aromatic rings. The van der Waals surface area contributed by atoms with E-state index in [0.717, 1.165) is 11.3 Å². The van der Waals surface area contributed by atoms with Crippen molar-refractivity contribution in [2.75, 3.05) is 38.7 Å². The third-order valence-electron chi connectivity index (χ3n) is 7.15. The van der Waals surface area contributed by atoms with E-state index in [2.05, 4.69) is 16.8 Å². The van der Waals surface area contributed by atoms with Crippen LogP contribution in [0.3, 0.4) is 0 Å². The van der Waals surface area contributed by atoms with Gasteiger partial charge in [0.1, 0.15) is 28.5 Å². The van der Waals surface area contributed by atoms with Gasteiger partial charge in [-0.2, -0.15) is 5.26 Å². The van der Waals surface area contributed by atoms with Gasteiger partial charge < -0.3 is 16.4 Å². The third kappa shape index (κ3) is 4.74. The molecule has 2 aromatic heterocycles. The minimum atomic E-state index is -0.828. The standard InChI is InChI=1S/C30H25ClF2N6OS/c1-15(16-6-4-11-37-28(16)35)39-13-10-18-23(30(39)40)19(7-5-12-38(2)3)26(33)24(25(18)31)17-8-9-21(32)27-22(17)20(14-34)29(36)41-27/h4,6,8-9,11,15H,10,12-13,36H2,1-3H3,(H2,35,37)/t15-/m0/s1. The van der Waals surface area contributed by atoms with Crippen LogP contribution in [-0.4, -0.2) is 47.9 Å². The Morgan fingerprint density at radius 3 is 2.66 bits per heavy atom. The molecular weight excluding hydrogens is 566 g/mol. The number of hydrogen-bond donors (Lipinski definition) is 2. The average molecular weight is 591 g/mol. The molecule has 1 amide bonds. The monoisotopic (exact) mass is 590 g/mol. The first-order valence-electron chi connectivity index (χ1n) is 12.7. The van der Waals surface area contributed by atoms with Crippen LogP contribution >= 0.6 is 22.9 Å². The number of carbonyl (C=O) groups is 1. The van der Waals surface area contributed by atoms with Gasteiger partial charge in [0.2, 0.25) is 0 Å². The molecule has 0 aliphatic carbocycles. The molecule has 2 aromatic carbocycles. The molecule has 1 aliphatic heterocycles. The van der Waals surface area contributed by atoms with E-state index in [0.29, 0.717) is 29.9 Å². The second-order valence-corrected chi connectivity index (χ2v) is 11.4. The van der Waals surface area contributed by atoms with Crippen molar-refractivity contribution in [3.8, 4) is 29.0 Å². The van der Waals surface area contributed by atoms with Crippen molar-refractivity contribution in [3.63, 3.8) is 0 Å². The van der Waals surface area contributed by atoms with Crippen LogP contribution in [0.5, 0.6) is 0 Å². The van der Waals surface area contributed by atoms with Gasteiger partial charge in [-0.15, -0.1) is 11.3 Å². The maximum absolute atomic E-state index is 16.7. The molecule has 0 bridgehead atoms. The molecule has 0 radical (unpaired) electrons. The van der Waals surface area contributed by atoms with Crippen LogP contribution < -0.4 is 11.5 Å². The number of hydrogen-bond acceptors (Lipinski definition) is 7. The number of pyridine rings is 1. The Labute approximate surface area is 244 Å². The van der Waals surface area contributed by atoms with Crippen LogP contribution in [0, 0.1) is 34.8 Å². The van der Waals surface area contributed by atoms with Gasteiger partial charge in [-0.05, 0) is 50.7 Å². The van der Waals surface area contributed by atoms with Gasteiger partial charge >= 0.3 is 0 Å². The van der Waals surface area contributed by atoms with Crippen molar-refractivity contribution in [2.45, 2.75) is 19.4 Å². The number of amides is 1. The van der Waals surface area contributed by atoms with E-state index in [1.54, 1.807) is 23.2 Å². The lowest BCUT2D eigenvalue weighted by Gasteiger charge is -2.35. The molecule has 0 unspecified atom stereocenters. The number of rotatable bonds is 4. The summed E-state index contributed by atoms with van der Waals surface area (Å²) in [6.07, 6.45) is 1.88. The predicted octanol–water partition coefficient (Wildman–Crippen LogP) is 5.60. The summed E-state index contributed by atoms with van der Waals surface area (Å²) < 4.78 is 31.6. The first-order chi connectivity index (χ1) is 19.6. The fraction of sp³-hybridized carbons (Fsp3) is 0.233. The van der Waals surface area contributed by atoms with Gasteiger partial charge in [0.05, 0.1) is 39.0 Å². The minimum Gasteiger partial charge on any atom is -0.389 e. The Morgan fingerprint density at radius 2 is 1.98 bits per heavy atom. The van der Waals surface area contributed by atoms with E-state index in [9.17, 15) is 14.4 Å². The summed E-state index contributed by atoms with van der Waals surface area (Å²) in [4.78, 5) is 21.6. The summed E-state index contributed by atoms with van der Waals surface area (Å²) in [6, 6.07) is 7.66. The topological polar surface area (TPSA) is 112 Å². The lowest BCUT2D eigenvalue weighted by molar-refractivity contribution is 0.0672. The predicted molar refractivity (Wildman–Crippen MR) is 159 cm³/mol. The van der Waals surface area contributed by atoms with Gasteiger partial charge in [-0.3, -0.25) is 9.69 Å². The molecule has 41 heavy (non-hydrogen) atoms. The summed E-state index contributed by atoms with van der Waals surface area (Å²) in [7, 11) is 3.64. The summed E-state index contributed by atoms with van der Waals surface area (Å²) >= 11 is 7.81. The number of halogens is 3. The number of aromatic nitrogens is 1. The largest absolute Gasteiger partial charge is 0.389 e. The van der Waals surface area contributed by atoms with Gasteiger partial charge in [-0.1, -0.05) is 35.6 Å². The fourth-order valence-corrected chi connectivity index (χ4v) is 6.48. The van der Waals surface area contributed by atoms with E-state index < -0.39 is 23.6 Å². The number of anilines is 2. The van der Waals surface area contributed by atoms with Crippen LogP contribution in [-0.2, 0) is 6.42 Å². The summed E-state index contributed by atoms with van der Waals surface area (Å²) in [5, 5.41) is 10.1. The Hall–Kier alpha value is -4.22. The van der Waals surface area contributed by atoms with Gasteiger partial charge in [0.25, 0.3) is 5.91 Å². The van der Waals surface area contributed by atoms with Crippen LogP contribution in [0.4, 0.5) is 19.6 Å². The average Bonchev–Trinajstić information content (AvgIpc) is 3.28. The first-order valence-corrected chi connectivity index (χ1v) is 13.9. The Morgan fingerprint density at radius 1 is 1.22 bits per heavy atom. The van der Waals surface area contributed by atoms with Crippen LogP contribution in [0.1, 0.15) is 45.6 Å². The van der Waals surface area contributed by atoms with E-state index in [1.165, 1.54) is 12.1 Å². The fourth-order valence-electron chi connectivity index (χ4n) is 5.16. The van der Waals surface area contributed by atoms with E-state index in [1.807, 2.05) is 32.0 Å². The first kappa shape index (κ1) is 28.3. The molecule has 208 valence electrons. The number of fused-ring (bicyclic) bond motifs is 2. The number of carbonyl (C=O) groups excluding carboxylic acids is 1. The molecule has 1 aliphatic rings. The third-order valence-corrected chi connectivity index (χ3v) is 8.59. The number of benzene rings is 2. The molecule has 4 N–H and O–H groups in total. The van der Waals surface area contributed by atoms with Gasteiger partial charge in [0.15, 0.2) is 0 Å². The van der Waals surface area contributed by atoms with Crippen LogP contribution in [0.15, 0.2) is 30.5 Å². The maximum Gasteiger partial charge on any atom is 0.256 e. The second kappa shape index (κ2) is 11.0. The summed E-state index contributed by atoms with van der Waals surface area (Å²) in [5.41, 5.74) is 13.4. The number of nitrogens with two attached hydrogens (primary N) is 2. The van der Waals surface area contributed by atoms with Crippen molar-refractivity contribution in [1.82, 2.24) is 14.8 Å². The van der Waals surface area contributed by atoms with Gasteiger partial charge in [0, 0.05) is 29.3 Å². The highest BCUT2D eigenvalue weighted by molar-refractivity contribution is 7.23. The zero-order chi connectivity index (χ0) is 29.6. The number of nitriles is 1. The van der Waals surface area contributed by atoms with Crippen molar-refractivity contribution in [1.29, 1.82) is 5.26 Å². The van der Waals surface area contributed by atoms with E-state index in [4.69, 9.17) is 23.1 Å². The van der Waals surface area contributed by atoms with Crippen molar-refractivity contribution < 1.29 is 13.6 Å². The highest BCUT2D eigenvalue weighted by atomic mass is 35.5. The molecule has 1 atom stereocenters. The van der Waals surface area contributed by atoms with E-state index in [-0.39, 0.29) is 54.5 Å². The maximum atomic E-state index is 16.7. The number of thiophene rings is 1. The molecule has 7 nitrogen and oxygen atoms in total. The Bertz CT molecular complexity index is 1840. The zero-order valence-corrected chi connectivity index (χ0v) is 24.1. The minimum absolute atomic E-state index is 0.0128. The molecular formula is C30H25ClF2N6OS. The Balaban J connectivity index is 1.77. The summed E-state index contributed by atoms with van der Waals surface area (Å²) in [5.74, 6) is 4.25. The molecule has 11 heteroatoms. The molecule has 3 heterocycles. The Kier molecular flexibility index (Phi) is 7.58. The molecule has 0 spiro atoms.